The number of rotatable bonds is 5. The Balaban J connectivity index is 2.65. The minimum atomic E-state index is -0.555. The lowest BCUT2D eigenvalue weighted by atomic mass is 10.2. The van der Waals surface area contributed by atoms with E-state index in [0.717, 1.165) is 0 Å². The number of benzene rings is 1. The normalized spacial score (nSPS) is 10.8. The maximum absolute atomic E-state index is 11.7. The first-order chi connectivity index (χ1) is 9.43. The van der Waals surface area contributed by atoms with Crippen LogP contribution in [0.5, 0.6) is 0 Å². The van der Waals surface area contributed by atoms with Crippen molar-refractivity contribution < 1.29 is 19.2 Å². The number of esters is 1. The topological polar surface area (TPSA) is 111 Å². The molecular weight excluding hydrogens is 266 g/mol. The highest BCUT2D eigenvalue weighted by Gasteiger charge is 2.09. The summed E-state index contributed by atoms with van der Waals surface area (Å²) < 4.78 is 4.45. The lowest BCUT2D eigenvalue weighted by molar-refractivity contribution is -0.384. The van der Waals surface area contributed by atoms with Gasteiger partial charge in [-0.1, -0.05) is 0 Å². The fourth-order valence-corrected chi connectivity index (χ4v) is 1.27. The van der Waals surface area contributed by atoms with Gasteiger partial charge in [0, 0.05) is 23.4 Å². The molecule has 0 saturated carbocycles. The summed E-state index contributed by atoms with van der Waals surface area (Å²) in [5.41, 5.74) is 2.75. The minimum Gasteiger partial charge on any atom is -0.469 e. The zero-order valence-corrected chi connectivity index (χ0v) is 11.0. The number of hydrazone groups is 1. The van der Waals surface area contributed by atoms with Crippen LogP contribution in [0.1, 0.15) is 23.7 Å². The van der Waals surface area contributed by atoms with E-state index in [2.05, 4.69) is 15.3 Å². The summed E-state index contributed by atoms with van der Waals surface area (Å²) in [5.74, 6) is -0.986. The first-order valence-electron chi connectivity index (χ1n) is 5.59. The lowest BCUT2D eigenvalue weighted by Gasteiger charge is -2.02. The Morgan fingerprint density at radius 2 is 1.95 bits per heavy atom. The monoisotopic (exact) mass is 279 g/mol. The molecular formula is C12H13N3O5. The molecule has 106 valence electrons. The van der Waals surface area contributed by atoms with Crippen molar-refractivity contribution in [2.75, 3.05) is 7.11 Å². The molecule has 0 aliphatic carbocycles. The quantitative estimate of drug-likeness (QED) is 0.377. The van der Waals surface area contributed by atoms with Crippen LogP contribution in [0.2, 0.25) is 0 Å². The Bertz CT molecular complexity index is 551. The number of nitro benzene ring substituents is 1. The lowest BCUT2D eigenvalue weighted by Crippen LogP contribution is -2.20. The van der Waals surface area contributed by atoms with E-state index in [9.17, 15) is 19.7 Å². The van der Waals surface area contributed by atoms with E-state index in [0.29, 0.717) is 5.71 Å². The highest BCUT2D eigenvalue weighted by molar-refractivity contribution is 5.99. The third-order valence-electron chi connectivity index (χ3n) is 2.32. The molecule has 0 radical (unpaired) electrons. The summed E-state index contributed by atoms with van der Waals surface area (Å²) in [7, 11) is 1.26. The van der Waals surface area contributed by atoms with Crippen molar-refractivity contribution in [2.45, 2.75) is 13.3 Å². The molecule has 0 saturated heterocycles. The second-order valence-electron chi connectivity index (χ2n) is 3.84. The van der Waals surface area contributed by atoms with E-state index in [1.165, 1.54) is 31.4 Å². The summed E-state index contributed by atoms with van der Waals surface area (Å²) in [6.45, 7) is 1.56. The van der Waals surface area contributed by atoms with Gasteiger partial charge >= 0.3 is 5.97 Å². The average Bonchev–Trinajstić information content (AvgIpc) is 2.44. The summed E-state index contributed by atoms with van der Waals surface area (Å²) in [6.07, 6.45) is -0.0307. The number of nitro groups is 1. The molecule has 0 unspecified atom stereocenters. The maximum atomic E-state index is 11.7. The van der Waals surface area contributed by atoms with Crippen molar-refractivity contribution in [3.63, 3.8) is 0 Å². The molecule has 0 heterocycles. The molecule has 0 fully saturated rings. The summed E-state index contributed by atoms with van der Waals surface area (Å²) >= 11 is 0. The fraction of sp³-hybridized carbons (Fsp3) is 0.250. The van der Waals surface area contributed by atoms with Crippen LogP contribution in [-0.2, 0) is 9.53 Å². The second-order valence-corrected chi connectivity index (χ2v) is 3.84. The predicted molar refractivity (Wildman–Crippen MR) is 70.3 cm³/mol. The van der Waals surface area contributed by atoms with Crippen molar-refractivity contribution in [2.24, 2.45) is 5.10 Å². The van der Waals surface area contributed by atoms with Gasteiger partial charge in [-0.2, -0.15) is 5.10 Å². The molecule has 8 nitrogen and oxygen atoms in total. The molecule has 0 spiro atoms. The molecule has 0 bridgehead atoms. The SMILES string of the molecule is COC(=O)C/C(C)=N/NC(=O)c1ccc([N+](=O)[O-])cc1. The first-order valence-corrected chi connectivity index (χ1v) is 5.59. The highest BCUT2D eigenvalue weighted by atomic mass is 16.6. The van der Waals surface area contributed by atoms with Crippen molar-refractivity contribution in [1.82, 2.24) is 5.43 Å². The van der Waals surface area contributed by atoms with E-state index < -0.39 is 16.8 Å². The molecule has 1 aromatic rings. The van der Waals surface area contributed by atoms with Crippen LogP contribution >= 0.6 is 0 Å². The standard InChI is InChI=1S/C12H13N3O5/c1-8(7-11(16)20-2)13-14-12(17)9-3-5-10(6-4-9)15(18)19/h3-6H,7H2,1-2H3,(H,14,17)/b13-8+. The third-order valence-corrected chi connectivity index (χ3v) is 2.32. The van der Waals surface area contributed by atoms with Crippen molar-refractivity contribution in [3.8, 4) is 0 Å². The molecule has 0 aromatic heterocycles. The van der Waals surface area contributed by atoms with Gasteiger partial charge in [-0.25, -0.2) is 5.43 Å². The van der Waals surface area contributed by atoms with Gasteiger partial charge in [-0.15, -0.1) is 0 Å². The Morgan fingerprint density at radius 3 is 2.45 bits per heavy atom. The summed E-state index contributed by atoms with van der Waals surface area (Å²) in [5, 5.41) is 14.2. The highest BCUT2D eigenvalue weighted by Crippen LogP contribution is 2.11. The molecule has 1 N–H and O–H groups in total. The number of hydrogen-bond acceptors (Lipinski definition) is 6. The van der Waals surface area contributed by atoms with E-state index in [4.69, 9.17) is 0 Å². The van der Waals surface area contributed by atoms with Gasteiger partial charge in [0.05, 0.1) is 18.5 Å². The van der Waals surface area contributed by atoms with E-state index in [1.54, 1.807) is 6.92 Å². The van der Waals surface area contributed by atoms with Crippen LogP contribution in [0.3, 0.4) is 0 Å². The second kappa shape index (κ2) is 6.98. The molecule has 20 heavy (non-hydrogen) atoms. The van der Waals surface area contributed by atoms with Crippen molar-refractivity contribution in [1.29, 1.82) is 0 Å². The number of hydrogen-bond donors (Lipinski definition) is 1. The van der Waals surface area contributed by atoms with Crippen LogP contribution in [0.25, 0.3) is 0 Å². The van der Waals surface area contributed by atoms with Gasteiger partial charge in [0.15, 0.2) is 0 Å². The Labute approximate surface area is 114 Å². The Morgan fingerprint density at radius 1 is 1.35 bits per heavy atom. The first kappa shape index (κ1) is 15.3. The van der Waals surface area contributed by atoms with Crippen molar-refractivity contribution >= 4 is 23.3 Å². The van der Waals surface area contributed by atoms with Crippen LogP contribution in [-0.4, -0.2) is 29.6 Å². The Kier molecular flexibility index (Phi) is 5.33. The molecule has 0 atom stereocenters. The fourth-order valence-electron chi connectivity index (χ4n) is 1.27. The van der Waals surface area contributed by atoms with E-state index >= 15 is 0 Å². The van der Waals surface area contributed by atoms with Gasteiger partial charge < -0.3 is 4.74 Å². The van der Waals surface area contributed by atoms with Gasteiger partial charge in [0.2, 0.25) is 0 Å². The van der Waals surface area contributed by atoms with Gasteiger partial charge in [-0.3, -0.25) is 19.7 Å². The summed E-state index contributed by atoms with van der Waals surface area (Å²) in [4.78, 5) is 32.6. The van der Waals surface area contributed by atoms with E-state index in [1.807, 2.05) is 0 Å². The summed E-state index contributed by atoms with van der Waals surface area (Å²) in [6, 6.07) is 5.08. The number of ether oxygens (including phenoxy) is 1. The number of nitrogens with one attached hydrogen (secondary N) is 1. The molecule has 1 aromatic carbocycles. The number of carbonyl (C=O) groups excluding carboxylic acids is 2. The molecule has 0 aliphatic heterocycles. The van der Waals surface area contributed by atoms with E-state index in [-0.39, 0.29) is 17.7 Å². The third kappa shape index (κ3) is 4.48. The zero-order chi connectivity index (χ0) is 15.1. The predicted octanol–water partition coefficient (Wildman–Crippen LogP) is 1.26. The Hall–Kier alpha value is -2.77. The largest absolute Gasteiger partial charge is 0.469 e. The molecule has 1 amide bonds. The van der Waals surface area contributed by atoms with Crippen LogP contribution in [0.15, 0.2) is 29.4 Å². The van der Waals surface area contributed by atoms with Crippen LogP contribution < -0.4 is 5.43 Å². The molecule has 1 rings (SSSR count). The van der Waals surface area contributed by atoms with Crippen LogP contribution in [0, 0.1) is 10.1 Å². The number of methoxy groups -OCH3 is 1. The molecule has 8 heteroatoms. The molecule has 0 aliphatic rings. The van der Waals surface area contributed by atoms with Crippen LogP contribution in [0.4, 0.5) is 5.69 Å². The maximum Gasteiger partial charge on any atom is 0.311 e. The number of carbonyl (C=O) groups is 2. The minimum absolute atomic E-state index is 0.0307. The van der Waals surface area contributed by atoms with Gasteiger partial charge in [-0.05, 0) is 19.1 Å². The van der Waals surface area contributed by atoms with Gasteiger partial charge in [0.1, 0.15) is 0 Å². The number of amides is 1. The number of non-ortho nitro benzene ring substituents is 1. The van der Waals surface area contributed by atoms with Gasteiger partial charge in [0.25, 0.3) is 11.6 Å². The van der Waals surface area contributed by atoms with Crippen molar-refractivity contribution in [3.05, 3.63) is 39.9 Å². The number of nitrogens with zero attached hydrogens (tertiary/aromatic N) is 2. The smallest absolute Gasteiger partial charge is 0.311 e. The average molecular weight is 279 g/mol. The zero-order valence-electron chi connectivity index (χ0n) is 11.0.